The molecule has 0 radical (unpaired) electrons. The molecule has 0 unspecified atom stereocenters. The van der Waals surface area contributed by atoms with Gasteiger partial charge in [0.05, 0.1) is 4.92 Å². The van der Waals surface area contributed by atoms with Crippen molar-refractivity contribution in [1.82, 2.24) is 10.6 Å². The Kier molecular flexibility index (Phi) is 6.84. The van der Waals surface area contributed by atoms with Crippen molar-refractivity contribution in [3.8, 4) is 0 Å². The summed E-state index contributed by atoms with van der Waals surface area (Å²) in [6.45, 7) is -0.588. The number of ether oxygens (including phenoxy) is 1. The standard InChI is InChI=1S/C17H14ClN3O6/c18-12-6-7-14(21(25)26)13(8-12)16(23)27-10-15(22)20-17(24)19-9-11-4-2-1-3-5-11/h1-8H,9-10H2,(H2,19,20,22,24). The molecule has 0 aromatic heterocycles. The van der Waals surface area contributed by atoms with E-state index in [0.29, 0.717) is 0 Å². The van der Waals surface area contributed by atoms with Crippen LogP contribution in [0, 0.1) is 10.1 Å². The molecule has 0 aliphatic heterocycles. The van der Waals surface area contributed by atoms with E-state index >= 15 is 0 Å². The molecule has 0 spiro atoms. The summed E-state index contributed by atoms with van der Waals surface area (Å²) in [5.74, 6) is -2.00. The van der Waals surface area contributed by atoms with Crippen LogP contribution >= 0.6 is 11.6 Å². The number of rotatable bonds is 6. The largest absolute Gasteiger partial charge is 0.452 e. The molecule has 0 bridgehead atoms. The number of benzene rings is 2. The maximum atomic E-state index is 12.0. The van der Waals surface area contributed by atoms with Crippen molar-refractivity contribution in [2.75, 3.05) is 6.61 Å². The van der Waals surface area contributed by atoms with Gasteiger partial charge in [-0.3, -0.25) is 20.2 Å². The second kappa shape index (κ2) is 9.30. The lowest BCUT2D eigenvalue weighted by Crippen LogP contribution is -2.41. The number of nitro groups is 1. The van der Waals surface area contributed by atoms with Gasteiger partial charge in [-0.1, -0.05) is 41.9 Å². The highest BCUT2D eigenvalue weighted by Crippen LogP contribution is 2.23. The van der Waals surface area contributed by atoms with Crippen molar-refractivity contribution in [3.63, 3.8) is 0 Å². The lowest BCUT2D eigenvalue weighted by Gasteiger charge is -2.08. The molecule has 0 aliphatic rings. The molecule has 2 aromatic rings. The molecule has 0 atom stereocenters. The van der Waals surface area contributed by atoms with E-state index in [4.69, 9.17) is 16.3 Å². The van der Waals surface area contributed by atoms with Crippen LogP contribution in [0.1, 0.15) is 15.9 Å². The summed E-state index contributed by atoms with van der Waals surface area (Å²) in [5, 5.41) is 15.5. The summed E-state index contributed by atoms with van der Waals surface area (Å²) in [4.78, 5) is 45.4. The Morgan fingerprint density at radius 2 is 1.81 bits per heavy atom. The zero-order chi connectivity index (χ0) is 19.8. The van der Waals surface area contributed by atoms with E-state index in [1.807, 2.05) is 11.4 Å². The molecule has 0 aliphatic carbocycles. The number of nitrogens with zero attached hydrogens (tertiary/aromatic N) is 1. The van der Waals surface area contributed by atoms with Crippen LogP contribution in [0.5, 0.6) is 0 Å². The van der Waals surface area contributed by atoms with Gasteiger partial charge >= 0.3 is 12.0 Å². The predicted molar refractivity (Wildman–Crippen MR) is 95.2 cm³/mol. The van der Waals surface area contributed by atoms with E-state index in [1.54, 1.807) is 24.3 Å². The fourth-order valence-corrected chi connectivity index (χ4v) is 2.20. The smallest absolute Gasteiger partial charge is 0.345 e. The van der Waals surface area contributed by atoms with Gasteiger partial charge in [-0.2, -0.15) is 0 Å². The number of hydrogen-bond acceptors (Lipinski definition) is 6. The van der Waals surface area contributed by atoms with E-state index in [-0.39, 0.29) is 11.6 Å². The van der Waals surface area contributed by atoms with Crippen LogP contribution in [0.25, 0.3) is 0 Å². The van der Waals surface area contributed by atoms with Gasteiger partial charge in [0.2, 0.25) is 0 Å². The number of urea groups is 1. The van der Waals surface area contributed by atoms with Gasteiger partial charge in [-0.25, -0.2) is 9.59 Å². The number of hydrogen-bond donors (Lipinski definition) is 2. The van der Waals surface area contributed by atoms with Crippen LogP contribution in [-0.2, 0) is 16.1 Å². The fraction of sp³-hybridized carbons (Fsp3) is 0.118. The fourth-order valence-electron chi connectivity index (χ4n) is 2.02. The number of esters is 1. The van der Waals surface area contributed by atoms with E-state index in [1.165, 1.54) is 6.07 Å². The average molecular weight is 392 g/mol. The van der Waals surface area contributed by atoms with Gasteiger partial charge in [0.1, 0.15) is 5.56 Å². The van der Waals surface area contributed by atoms with Crippen molar-refractivity contribution in [2.45, 2.75) is 6.54 Å². The highest BCUT2D eigenvalue weighted by molar-refractivity contribution is 6.31. The van der Waals surface area contributed by atoms with Crippen LogP contribution < -0.4 is 10.6 Å². The normalized spacial score (nSPS) is 9.96. The van der Waals surface area contributed by atoms with Gasteiger partial charge in [-0.05, 0) is 17.7 Å². The molecule has 10 heteroatoms. The molecule has 3 amide bonds. The molecule has 0 saturated heterocycles. The summed E-state index contributed by atoms with van der Waals surface area (Å²) in [5.41, 5.74) is -0.0703. The van der Waals surface area contributed by atoms with Gasteiger partial charge in [0.15, 0.2) is 6.61 Å². The minimum Gasteiger partial charge on any atom is -0.452 e. The third-order valence-electron chi connectivity index (χ3n) is 3.26. The number of nitrogens with one attached hydrogen (secondary N) is 2. The lowest BCUT2D eigenvalue weighted by molar-refractivity contribution is -0.385. The van der Waals surface area contributed by atoms with Gasteiger partial charge in [0.25, 0.3) is 11.6 Å². The zero-order valence-corrected chi connectivity index (χ0v) is 14.6. The van der Waals surface area contributed by atoms with E-state index in [0.717, 1.165) is 17.7 Å². The molecular formula is C17H14ClN3O6. The van der Waals surface area contributed by atoms with Crippen molar-refractivity contribution < 1.29 is 24.0 Å². The first-order valence-corrected chi connectivity index (χ1v) is 7.97. The molecule has 140 valence electrons. The van der Waals surface area contributed by atoms with Crippen LogP contribution in [-0.4, -0.2) is 29.4 Å². The number of carbonyl (C=O) groups is 3. The summed E-state index contributed by atoms with van der Waals surface area (Å²) < 4.78 is 4.71. The lowest BCUT2D eigenvalue weighted by atomic mass is 10.2. The van der Waals surface area contributed by atoms with Crippen LogP contribution in [0.2, 0.25) is 5.02 Å². The molecular weight excluding hydrogens is 378 g/mol. The maximum Gasteiger partial charge on any atom is 0.345 e. The Labute approximate surface area is 158 Å². The van der Waals surface area contributed by atoms with E-state index in [2.05, 4.69) is 5.32 Å². The number of amides is 3. The first-order valence-electron chi connectivity index (χ1n) is 7.59. The van der Waals surface area contributed by atoms with Crippen molar-refractivity contribution in [3.05, 3.63) is 74.8 Å². The van der Waals surface area contributed by atoms with E-state index in [9.17, 15) is 24.5 Å². The third kappa shape index (κ3) is 6.08. The molecule has 2 N–H and O–H groups in total. The van der Waals surface area contributed by atoms with Crippen molar-refractivity contribution in [2.24, 2.45) is 0 Å². The summed E-state index contributed by atoms with van der Waals surface area (Å²) >= 11 is 5.72. The summed E-state index contributed by atoms with van der Waals surface area (Å²) in [7, 11) is 0. The van der Waals surface area contributed by atoms with Gasteiger partial charge < -0.3 is 10.1 Å². The molecule has 27 heavy (non-hydrogen) atoms. The predicted octanol–water partition coefficient (Wildman–Crippen LogP) is 2.43. The highest BCUT2D eigenvalue weighted by Gasteiger charge is 2.22. The third-order valence-corrected chi connectivity index (χ3v) is 3.49. The van der Waals surface area contributed by atoms with Gasteiger partial charge in [-0.15, -0.1) is 0 Å². The number of nitro benzene ring substituents is 1. The Bertz CT molecular complexity index is 872. The Morgan fingerprint density at radius 1 is 1.11 bits per heavy atom. The molecule has 0 saturated carbocycles. The van der Waals surface area contributed by atoms with Crippen molar-refractivity contribution >= 4 is 35.2 Å². The first-order chi connectivity index (χ1) is 12.9. The minimum atomic E-state index is -1.11. The maximum absolute atomic E-state index is 12.0. The first kappa shape index (κ1) is 19.9. The topological polar surface area (TPSA) is 128 Å². The molecule has 9 nitrogen and oxygen atoms in total. The average Bonchev–Trinajstić information content (AvgIpc) is 2.65. The molecule has 0 heterocycles. The second-order valence-electron chi connectivity index (χ2n) is 5.21. The van der Waals surface area contributed by atoms with Crippen molar-refractivity contribution in [1.29, 1.82) is 0 Å². The molecule has 2 rings (SSSR count). The Balaban J connectivity index is 1.84. The SMILES string of the molecule is O=C(COC(=O)c1cc(Cl)ccc1[N+](=O)[O-])NC(=O)NCc1ccccc1. The summed E-state index contributed by atoms with van der Waals surface area (Å²) in [6, 6.07) is 11.6. The number of imide groups is 1. The highest BCUT2D eigenvalue weighted by atomic mass is 35.5. The quantitative estimate of drug-likeness (QED) is 0.442. The number of halogens is 1. The van der Waals surface area contributed by atoms with Crippen LogP contribution in [0.15, 0.2) is 48.5 Å². The van der Waals surface area contributed by atoms with Crippen LogP contribution in [0.4, 0.5) is 10.5 Å². The monoisotopic (exact) mass is 391 g/mol. The van der Waals surface area contributed by atoms with Gasteiger partial charge in [0, 0.05) is 17.6 Å². The second-order valence-corrected chi connectivity index (χ2v) is 5.65. The van der Waals surface area contributed by atoms with Crippen LogP contribution in [0.3, 0.4) is 0 Å². The Hall–Kier alpha value is -3.46. The Morgan fingerprint density at radius 3 is 2.48 bits per heavy atom. The zero-order valence-electron chi connectivity index (χ0n) is 13.8. The van der Waals surface area contributed by atoms with E-state index < -0.39 is 40.7 Å². The number of carbonyl (C=O) groups excluding carboxylic acids is 3. The summed E-state index contributed by atoms with van der Waals surface area (Å²) in [6.07, 6.45) is 0. The molecule has 0 fully saturated rings. The molecule has 2 aromatic carbocycles. The minimum absolute atomic E-state index is 0.0947.